The summed E-state index contributed by atoms with van der Waals surface area (Å²) in [5.74, 6) is 0.349. The molecule has 2 aliphatic rings. The van der Waals surface area contributed by atoms with Crippen LogP contribution in [0.1, 0.15) is 15.9 Å². The smallest absolute Gasteiger partial charge is 0.416 e. The minimum Gasteiger partial charge on any atom is -0.483 e. The van der Waals surface area contributed by atoms with Gasteiger partial charge in [-0.25, -0.2) is 4.98 Å². The van der Waals surface area contributed by atoms with Crippen molar-refractivity contribution in [3.63, 3.8) is 0 Å². The van der Waals surface area contributed by atoms with Gasteiger partial charge in [-0.2, -0.15) is 18.2 Å². The number of nitrogens with one attached hydrogen (secondary N) is 2. The number of carbonyl (C=O) groups excluding carboxylic acids is 1. The molecule has 0 unspecified atom stereocenters. The Morgan fingerprint density at radius 3 is 2.79 bits per heavy atom. The van der Waals surface area contributed by atoms with E-state index in [1.165, 1.54) is 36.7 Å². The molecule has 1 aromatic heterocycles. The summed E-state index contributed by atoms with van der Waals surface area (Å²) in [5, 5.41) is 6.00. The number of morpholine rings is 1. The van der Waals surface area contributed by atoms with Gasteiger partial charge in [-0.1, -0.05) is 17.7 Å². The van der Waals surface area contributed by atoms with Gasteiger partial charge < -0.3 is 24.8 Å². The van der Waals surface area contributed by atoms with Crippen LogP contribution in [0.15, 0.2) is 48.8 Å². The highest BCUT2D eigenvalue weighted by Gasteiger charge is 2.31. The lowest BCUT2D eigenvalue weighted by Gasteiger charge is -2.33. The third-order valence-corrected chi connectivity index (χ3v) is 6.28. The Kier molecular flexibility index (Phi) is 7.54. The van der Waals surface area contributed by atoms with E-state index in [1.807, 2.05) is 0 Å². The van der Waals surface area contributed by atoms with Gasteiger partial charge in [-0.05, 0) is 36.4 Å². The molecule has 1 fully saturated rings. The predicted octanol–water partition coefficient (Wildman–Crippen LogP) is 4.70. The standard InChI is InChI=1S/C25H23ClF3N5O4/c26-19-5-4-15(23(35)33-17-3-1-2-16(11-17)25(27,28)29)10-20(19)38-24-21-22(30-14-31-24)32-18(13-37-21)12-34-6-8-36-9-7-34/h1-5,10-11,14,18H,6-9,12-13H2,(H,33,35)(H,30,31,32)/t18-/m1/s1. The number of alkyl halides is 3. The topological polar surface area (TPSA) is 97.8 Å². The molecule has 1 atom stereocenters. The number of hydrogen-bond acceptors (Lipinski definition) is 8. The van der Waals surface area contributed by atoms with Crippen LogP contribution in [0.4, 0.5) is 24.7 Å². The van der Waals surface area contributed by atoms with Crippen LogP contribution in [-0.4, -0.2) is 66.3 Å². The van der Waals surface area contributed by atoms with Crippen LogP contribution in [0, 0.1) is 0 Å². The number of aromatic nitrogens is 2. The van der Waals surface area contributed by atoms with Gasteiger partial charge in [-0.3, -0.25) is 9.69 Å². The Labute approximate surface area is 220 Å². The molecular formula is C25H23ClF3N5O4. The molecule has 9 nitrogen and oxygen atoms in total. The minimum atomic E-state index is -4.53. The molecule has 0 bridgehead atoms. The van der Waals surface area contributed by atoms with Crippen molar-refractivity contribution in [3.8, 4) is 17.4 Å². The zero-order valence-corrected chi connectivity index (χ0v) is 20.7. The number of rotatable bonds is 6. The minimum absolute atomic E-state index is 0.00165. The van der Waals surface area contributed by atoms with Gasteiger partial charge >= 0.3 is 6.18 Å². The maximum absolute atomic E-state index is 13.0. The van der Waals surface area contributed by atoms with Crippen molar-refractivity contribution in [1.29, 1.82) is 0 Å². The lowest BCUT2D eigenvalue weighted by molar-refractivity contribution is -0.137. The number of hydrogen-bond donors (Lipinski definition) is 2. The highest BCUT2D eigenvalue weighted by molar-refractivity contribution is 6.32. The van der Waals surface area contributed by atoms with Gasteiger partial charge in [0.1, 0.15) is 18.7 Å². The first-order chi connectivity index (χ1) is 18.3. The largest absolute Gasteiger partial charge is 0.483 e. The van der Waals surface area contributed by atoms with Gasteiger partial charge in [-0.15, -0.1) is 0 Å². The van der Waals surface area contributed by atoms with Gasteiger partial charge in [0, 0.05) is 30.9 Å². The first-order valence-electron chi connectivity index (χ1n) is 11.8. The van der Waals surface area contributed by atoms with Gasteiger partial charge in [0.15, 0.2) is 5.82 Å². The summed E-state index contributed by atoms with van der Waals surface area (Å²) in [7, 11) is 0. The summed E-state index contributed by atoms with van der Waals surface area (Å²) in [6.45, 7) is 4.21. The van der Waals surface area contributed by atoms with Crippen LogP contribution >= 0.6 is 11.6 Å². The number of ether oxygens (including phenoxy) is 3. The summed E-state index contributed by atoms with van der Waals surface area (Å²) in [5.41, 5.74) is -0.752. The van der Waals surface area contributed by atoms with E-state index in [1.54, 1.807) is 0 Å². The molecule has 2 aliphatic heterocycles. The molecule has 0 aliphatic carbocycles. The van der Waals surface area contributed by atoms with Crippen molar-refractivity contribution in [2.75, 3.05) is 50.1 Å². The van der Waals surface area contributed by atoms with E-state index >= 15 is 0 Å². The van der Waals surface area contributed by atoms with Crippen LogP contribution in [0.25, 0.3) is 0 Å². The molecule has 0 saturated carbocycles. The first-order valence-corrected chi connectivity index (χ1v) is 12.1. The molecule has 2 N–H and O–H groups in total. The summed E-state index contributed by atoms with van der Waals surface area (Å²) < 4.78 is 56.2. The predicted molar refractivity (Wildman–Crippen MR) is 133 cm³/mol. The molecule has 1 saturated heterocycles. The van der Waals surface area contributed by atoms with E-state index in [4.69, 9.17) is 25.8 Å². The number of halogens is 4. The van der Waals surface area contributed by atoms with Crippen LogP contribution < -0.4 is 20.1 Å². The maximum atomic E-state index is 13.0. The molecule has 3 aromatic rings. The second-order valence-corrected chi connectivity index (χ2v) is 9.11. The molecular weight excluding hydrogens is 527 g/mol. The third kappa shape index (κ3) is 6.09. The third-order valence-electron chi connectivity index (χ3n) is 5.97. The normalized spacial score (nSPS) is 17.6. The second kappa shape index (κ2) is 11.0. The molecule has 38 heavy (non-hydrogen) atoms. The Hall–Kier alpha value is -3.61. The Balaban J connectivity index is 1.29. The number of carbonyl (C=O) groups is 1. The lowest BCUT2D eigenvalue weighted by Crippen LogP contribution is -2.46. The van der Waals surface area contributed by atoms with Crippen molar-refractivity contribution in [2.45, 2.75) is 12.2 Å². The zero-order valence-electron chi connectivity index (χ0n) is 19.9. The summed E-state index contributed by atoms with van der Waals surface area (Å²) >= 11 is 6.30. The number of amides is 1. The van der Waals surface area contributed by atoms with E-state index in [0.29, 0.717) is 31.4 Å². The Morgan fingerprint density at radius 1 is 1.18 bits per heavy atom. The molecule has 0 spiro atoms. The van der Waals surface area contributed by atoms with E-state index in [9.17, 15) is 18.0 Å². The van der Waals surface area contributed by atoms with Crippen LogP contribution in [0.3, 0.4) is 0 Å². The Morgan fingerprint density at radius 2 is 2.00 bits per heavy atom. The highest BCUT2D eigenvalue weighted by Crippen LogP contribution is 2.39. The first kappa shape index (κ1) is 26.0. The average molecular weight is 550 g/mol. The maximum Gasteiger partial charge on any atom is 0.416 e. The zero-order chi connectivity index (χ0) is 26.7. The summed E-state index contributed by atoms with van der Waals surface area (Å²) in [4.78, 5) is 23.5. The van der Waals surface area contributed by atoms with E-state index < -0.39 is 17.6 Å². The van der Waals surface area contributed by atoms with Crippen LogP contribution in [-0.2, 0) is 10.9 Å². The molecule has 2 aromatic carbocycles. The molecule has 200 valence electrons. The van der Waals surface area contributed by atoms with Gasteiger partial charge in [0.2, 0.25) is 5.75 Å². The quantitative estimate of drug-likeness (QED) is 0.457. The summed E-state index contributed by atoms with van der Waals surface area (Å²) in [6, 6.07) is 8.62. The number of benzene rings is 2. The second-order valence-electron chi connectivity index (χ2n) is 8.70. The van der Waals surface area contributed by atoms with Gasteiger partial charge in [0.25, 0.3) is 11.8 Å². The fourth-order valence-electron chi connectivity index (χ4n) is 4.08. The molecule has 5 rings (SSSR count). The van der Waals surface area contributed by atoms with Crippen molar-refractivity contribution in [1.82, 2.24) is 14.9 Å². The lowest BCUT2D eigenvalue weighted by atomic mass is 10.1. The van der Waals surface area contributed by atoms with Crippen molar-refractivity contribution >= 4 is 29.0 Å². The SMILES string of the molecule is O=C(Nc1cccc(C(F)(F)F)c1)c1ccc(Cl)c(Oc2ncnc3c2OC[C@@H](CN2CCOCC2)N3)c1. The summed E-state index contributed by atoms with van der Waals surface area (Å²) in [6.07, 6.45) is -3.21. The fourth-order valence-corrected chi connectivity index (χ4v) is 4.24. The van der Waals surface area contributed by atoms with E-state index in [0.717, 1.165) is 31.8 Å². The molecule has 0 radical (unpaired) electrons. The fraction of sp³-hybridized carbons (Fsp3) is 0.320. The molecule has 1 amide bonds. The van der Waals surface area contributed by atoms with E-state index in [-0.39, 0.29) is 33.9 Å². The number of nitrogens with zero attached hydrogens (tertiary/aromatic N) is 3. The Bertz CT molecular complexity index is 1320. The van der Waals surface area contributed by atoms with E-state index in [2.05, 4.69) is 25.5 Å². The monoisotopic (exact) mass is 549 g/mol. The molecule has 3 heterocycles. The number of anilines is 2. The highest BCUT2D eigenvalue weighted by atomic mass is 35.5. The van der Waals surface area contributed by atoms with Crippen LogP contribution in [0.2, 0.25) is 5.02 Å². The molecule has 13 heteroatoms. The van der Waals surface area contributed by atoms with Gasteiger partial charge in [0.05, 0.1) is 29.8 Å². The number of fused-ring (bicyclic) bond motifs is 1. The van der Waals surface area contributed by atoms with Crippen molar-refractivity contribution in [2.24, 2.45) is 0 Å². The van der Waals surface area contributed by atoms with Crippen molar-refractivity contribution < 1.29 is 32.2 Å². The van der Waals surface area contributed by atoms with Crippen molar-refractivity contribution in [3.05, 3.63) is 64.9 Å². The van der Waals surface area contributed by atoms with Crippen LogP contribution in [0.5, 0.6) is 17.4 Å². The average Bonchev–Trinajstić information content (AvgIpc) is 2.90.